The number of rotatable bonds is 6. The Morgan fingerprint density at radius 2 is 1.81 bits per heavy atom. The molecule has 1 aliphatic carbocycles. The number of hydrogen-bond acceptors (Lipinski definition) is 2. The molecule has 0 bridgehead atoms. The summed E-state index contributed by atoms with van der Waals surface area (Å²) in [6.07, 6.45) is 10.0. The van der Waals surface area contributed by atoms with Gasteiger partial charge in [0, 0.05) is 26.1 Å². The van der Waals surface area contributed by atoms with E-state index >= 15 is 0 Å². The third kappa shape index (κ3) is 5.21. The van der Waals surface area contributed by atoms with Gasteiger partial charge in [-0.25, -0.2) is 4.79 Å². The van der Waals surface area contributed by atoms with Crippen molar-refractivity contribution in [2.75, 3.05) is 19.6 Å². The van der Waals surface area contributed by atoms with Gasteiger partial charge in [0.1, 0.15) is 0 Å². The molecule has 0 aromatic carbocycles. The molecule has 3 amide bonds. The number of primary amides is 1. The molecular weight excluding hydrogens is 266 g/mol. The first-order valence-corrected chi connectivity index (χ1v) is 8.48. The molecule has 21 heavy (non-hydrogen) atoms. The lowest BCUT2D eigenvalue weighted by molar-refractivity contribution is -0.134. The fourth-order valence-corrected chi connectivity index (χ4v) is 3.78. The smallest absolute Gasteiger partial charge is 0.312 e. The molecule has 5 nitrogen and oxygen atoms in total. The van der Waals surface area contributed by atoms with E-state index in [9.17, 15) is 9.59 Å². The molecule has 0 spiro atoms. The van der Waals surface area contributed by atoms with Crippen molar-refractivity contribution in [1.82, 2.24) is 10.2 Å². The van der Waals surface area contributed by atoms with Crippen molar-refractivity contribution < 1.29 is 9.59 Å². The zero-order valence-corrected chi connectivity index (χ0v) is 13.0. The van der Waals surface area contributed by atoms with Gasteiger partial charge >= 0.3 is 6.03 Å². The highest BCUT2D eigenvalue weighted by molar-refractivity contribution is 5.76. The summed E-state index contributed by atoms with van der Waals surface area (Å²) in [6, 6.07) is -0.471. The van der Waals surface area contributed by atoms with Crippen molar-refractivity contribution in [3.8, 4) is 0 Å². The second kappa shape index (κ2) is 8.25. The van der Waals surface area contributed by atoms with Crippen LogP contribution in [0.3, 0.4) is 0 Å². The van der Waals surface area contributed by atoms with E-state index in [1.165, 1.54) is 32.1 Å². The quantitative estimate of drug-likeness (QED) is 0.737. The largest absolute Gasteiger partial charge is 0.352 e. The summed E-state index contributed by atoms with van der Waals surface area (Å²) in [5.41, 5.74) is 5.00. The Morgan fingerprint density at radius 3 is 2.57 bits per heavy atom. The molecule has 1 saturated heterocycles. The average Bonchev–Trinajstić information content (AvgIpc) is 2.49. The minimum absolute atomic E-state index is 0.321. The van der Waals surface area contributed by atoms with E-state index in [0.717, 1.165) is 44.2 Å². The third-order valence-corrected chi connectivity index (χ3v) is 5.01. The van der Waals surface area contributed by atoms with Crippen LogP contribution in [0.15, 0.2) is 0 Å². The fourth-order valence-electron chi connectivity index (χ4n) is 3.78. The molecule has 0 radical (unpaired) electrons. The van der Waals surface area contributed by atoms with Crippen LogP contribution in [0.2, 0.25) is 0 Å². The van der Waals surface area contributed by atoms with Crippen molar-refractivity contribution in [3.63, 3.8) is 0 Å². The predicted molar refractivity (Wildman–Crippen MR) is 82.7 cm³/mol. The maximum absolute atomic E-state index is 12.2. The summed E-state index contributed by atoms with van der Waals surface area (Å²) in [6.45, 7) is 2.56. The topological polar surface area (TPSA) is 75.4 Å². The SMILES string of the molecule is NC(=O)NCCCCCC(=O)N1CC[C@@H]2CCCC[C@H]2C1. The molecule has 5 heteroatoms. The Hall–Kier alpha value is -1.26. The molecule has 3 N–H and O–H groups in total. The van der Waals surface area contributed by atoms with Gasteiger partial charge in [-0.2, -0.15) is 0 Å². The number of urea groups is 1. The zero-order chi connectivity index (χ0) is 15.1. The van der Waals surface area contributed by atoms with Gasteiger partial charge < -0.3 is 16.0 Å². The number of likely N-dealkylation sites (tertiary alicyclic amines) is 1. The number of piperidine rings is 1. The zero-order valence-electron chi connectivity index (χ0n) is 13.0. The van der Waals surface area contributed by atoms with Crippen LogP contribution in [-0.4, -0.2) is 36.5 Å². The van der Waals surface area contributed by atoms with E-state index in [2.05, 4.69) is 10.2 Å². The first-order valence-electron chi connectivity index (χ1n) is 8.48. The maximum Gasteiger partial charge on any atom is 0.312 e. The molecule has 1 aliphatic heterocycles. The Morgan fingerprint density at radius 1 is 1.05 bits per heavy atom. The van der Waals surface area contributed by atoms with Crippen molar-refractivity contribution in [2.45, 2.75) is 57.8 Å². The molecule has 1 heterocycles. The first-order chi connectivity index (χ1) is 10.2. The average molecular weight is 295 g/mol. The first kappa shape index (κ1) is 16.1. The molecule has 2 aliphatic rings. The van der Waals surface area contributed by atoms with Gasteiger partial charge in [-0.1, -0.05) is 25.7 Å². The Balaban J connectivity index is 1.59. The molecule has 0 unspecified atom stereocenters. The van der Waals surface area contributed by atoms with Gasteiger partial charge in [-0.15, -0.1) is 0 Å². The van der Waals surface area contributed by atoms with Crippen molar-refractivity contribution >= 4 is 11.9 Å². The summed E-state index contributed by atoms with van der Waals surface area (Å²) in [7, 11) is 0. The lowest BCUT2D eigenvalue weighted by atomic mass is 9.75. The number of nitrogens with two attached hydrogens (primary N) is 1. The number of fused-ring (bicyclic) bond motifs is 1. The standard InChI is InChI=1S/C16H29N3O2/c17-16(21)18-10-5-1-2-8-15(20)19-11-9-13-6-3-4-7-14(13)12-19/h13-14H,1-12H2,(H3,17,18,21)/t13-,14-/m0/s1. The summed E-state index contributed by atoms with van der Waals surface area (Å²) in [5.74, 6) is 1.96. The monoisotopic (exact) mass is 295 g/mol. The van der Waals surface area contributed by atoms with Gasteiger partial charge in [0.25, 0.3) is 0 Å². The lowest BCUT2D eigenvalue weighted by Gasteiger charge is -2.41. The summed E-state index contributed by atoms with van der Waals surface area (Å²) < 4.78 is 0. The van der Waals surface area contributed by atoms with E-state index in [1.54, 1.807) is 0 Å². The van der Waals surface area contributed by atoms with Crippen LogP contribution in [0.1, 0.15) is 57.8 Å². The Bertz CT molecular complexity index is 359. The van der Waals surface area contributed by atoms with Crippen molar-refractivity contribution in [2.24, 2.45) is 17.6 Å². The van der Waals surface area contributed by atoms with Gasteiger partial charge in [0.05, 0.1) is 0 Å². The summed E-state index contributed by atoms with van der Waals surface area (Å²) in [5, 5.41) is 2.57. The van der Waals surface area contributed by atoms with Crippen LogP contribution in [-0.2, 0) is 4.79 Å². The van der Waals surface area contributed by atoms with Crippen LogP contribution in [0.5, 0.6) is 0 Å². The molecule has 2 rings (SSSR count). The highest BCUT2D eigenvalue weighted by Crippen LogP contribution is 2.36. The minimum atomic E-state index is -0.471. The second-order valence-corrected chi connectivity index (χ2v) is 6.53. The van der Waals surface area contributed by atoms with Crippen molar-refractivity contribution in [3.05, 3.63) is 0 Å². The van der Waals surface area contributed by atoms with Crippen molar-refractivity contribution in [1.29, 1.82) is 0 Å². The van der Waals surface area contributed by atoms with Crippen LogP contribution in [0, 0.1) is 11.8 Å². The number of nitrogens with one attached hydrogen (secondary N) is 1. The lowest BCUT2D eigenvalue weighted by Crippen LogP contribution is -2.44. The summed E-state index contributed by atoms with van der Waals surface area (Å²) >= 11 is 0. The predicted octanol–water partition coefficient (Wildman–Crippen LogP) is 2.25. The highest BCUT2D eigenvalue weighted by atomic mass is 16.2. The van der Waals surface area contributed by atoms with E-state index in [1.807, 2.05) is 0 Å². The number of carbonyl (C=O) groups is 2. The Labute approximate surface area is 127 Å². The van der Waals surface area contributed by atoms with Crippen LogP contribution < -0.4 is 11.1 Å². The van der Waals surface area contributed by atoms with Gasteiger partial charge in [-0.05, 0) is 37.5 Å². The molecule has 120 valence electrons. The van der Waals surface area contributed by atoms with E-state index < -0.39 is 6.03 Å². The molecule has 1 saturated carbocycles. The minimum Gasteiger partial charge on any atom is -0.352 e. The van der Waals surface area contributed by atoms with Crippen LogP contribution in [0.25, 0.3) is 0 Å². The highest BCUT2D eigenvalue weighted by Gasteiger charge is 2.32. The Kier molecular flexibility index (Phi) is 6.33. The molecule has 2 atom stereocenters. The normalized spacial score (nSPS) is 25.2. The fraction of sp³-hybridized carbons (Fsp3) is 0.875. The van der Waals surface area contributed by atoms with E-state index in [4.69, 9.17) is 5.73 Å². The van der Waals surface area contributed by atoms with E-state index in [0.29, 0.717) is 18.9 Å². The van der Waals surface area contributed by atoms with Crippen LogP contribution >= 0.6 is 0 Å². The molecule has 2 fully saturated rings. The molecule has 0 aromatic heterocycles. The third-order valence-electron chi connectivity index (χ3n) is 5.01. The number of hydrogen-bond donors (Lipinski definition) is 2. The maximum atomic E-state index is 12.2. The number of amides is 3. The number of nitrogens with zero attached hydrogens (tertiary/aromatic N) is 1. The van der Waals surface area contributed by atoms with Crippen LogP contribution in [0.4, 0.5) is 4.79 Å². The van der Waals surface area contributed by atoms with Gasteiger partial charge in [0.15, 0.2) is 0 Å². The summed E-state index contributed by atoms with van der Waals surface area (Å²) in [4.78, 5) is 24.9. The number of carbonyl (C=O) groups excluding carboxylic acids is 2. The van der Waals surface area contributed by atoms with Gasteiger partial charge in [0.2, 0.25) is 5.91 Å². The number of unbranched alkanes of at least 4 members (excludes halogenated alkanes) is 2. The second-order valence-electron chi connectivity index (χ2n) is 6.53. The molecular formula is C16H29N3O2. The molecule has 0 aromatic rings. The van der Waals surface area contributed by atoms with Gasteiger partial charge in [-0.3, -0.25) is 4.79 Å². The van der Waals surface area contributed by atoms with E-state index in [-0.39, 0.29) is 0 Å².